The lowest BCUT2D eigenvalue weighted by molar-refractivity contribution is 0.518. The Bertz CT molecular complexity index is 533. The molecule has 0 fully saturated rings. The predicted molar refractivity (Wildman–Crippen MR) is 82.2 cm³/mol. The minimum absolute atomic E-state index is 0.477. The number of hydrogen-bond donors (Lipinski definition) is 2. The molecule has 0 saturated heterocycles. The summed E-state index contributed by atoms with van der Waals surface area (Å²) in [5, 5.41) is 5.87. The number of anilines is 1. The Labute approximate surface area is 115 Å². The number of nitrogens with two attached hydrogens (primary N) is 1. The number of fused-ring (bicyclic) bond motifs is 1. The number of nitrogens with zero attached hydrogens (tertiary/aromatic N) is 1. The van der Waals surface area contributed by atoms with Crippen molar-refractivity contribution in [3.63, 3.8) is 0 Å². The first-order valence-corrected chi connectivity index (χ1v) is 7.11. The largest absolute Gasteiger partial charge is 0.369 e. The molecule has 0 aliphatic carbocycles. The van der Waals surface area contributed by atoms with Gasteiger partial charge in [0.2, 0.25) is 0 Å². The highest BCUT2D eigenvalue weighted by Gasteiger charge is 2.07. The van der Waals surface area contributed by atoms with E-state index in [9.17, 15) is 0 Å². The molecular weight excluding hydrogens is 234 g/mol. The number of rotatable bonds is 6. The van der Waals surface area contributed by atoms with Crippen molar-refractivity contribution in [1.82, 2.24) is 4.98 Å². The van der Waals surface area contributed by atoms with Gasteiger partial charge in [-0.1, -0.05) is 51.0 Å². The Balaban J connectivity index is 2.30. The Morgan fingerprint density at radius 2 is 1.95 bits per heavy atom. The molecule has 0 spiro atoms. The van der Waals surface area contributed by atoms with Gasteiger partial charge in [0.25, 0.3) is 0 Å². The van der Waals surface area contributed by atoms with E-state index in [1.165, 1.54) is 23.6 Å². The van der Waals surface area contributed by atoms with Crippen LogP contribution in [0, 0.1) is 5.92 Å². The summed E-state index contributed by atoms with van der Waals surface area (Å²) in [6, 6.07) is 10.4. The summed E-state index contributed by atoms with van der Waals surface area (Å²) >= 11 is 0. The smallest absolute Gasteiger partial charge is 0.134 e. The molecule has 1 heterocycles. The Kier molecular flexibility index (Phi) is 4.74. The molecule has 0 amide bonds. The lowest BCUT2D eigenvalue weighted by Crippen LogP contribution is -2.14. The molecule has 3 heteroatoms. The van der Waals surface area contributed by atoms with Crippen molar-refractivity contribution < 1.29 is 0 Å². The zero-order valence-corrected chi connectivity index (χ0v) is 11.8. The summed E-state index contributed by atoms with van der Waals surface area (Å²) in [6.45, 7) is 5.91. The number of hydrogen-bond acceptors (Lipinski definition) is 3. The van der Waals surface area contributed by atoms with Crippen molar-refractivity contribution in [2.24, 2.45) is 11.7 Å². The summed E-state index contributed by atoms with van der Waals surface area (Å²) < 4.78 is 0. The molecule has 0 saturated carbocycles. The lowest BCUT2D eigenvalue weighted by atomic mass is 10.0. The van der Waals surface area contributed by atoms with Gasteiger partial charge in [0.05, 0.1) is 5.69 Å². The molecule has 3 N–H and O–H groups in total. The minimum atomic E-state index is 0.477. The SMILES string of the molecule is CCC(CC)CNc1nc(CN)cc2ccccc12. The van der Waals surface area contributed by atoms with Crippen molar-refractivity contribution in [1.29, 1.82) is 0 Å². The summed E-state index contributed by atoms with van der Waals surface area (Å²) in [5.41, 5.74) is 6.66. The van der Waals surface area contributed by atoms with Gasteiger partial charge >= 0.3 is 0 Å². The molecule has 0 atom stereocenters. The van der Waals surface area contributed by atoms with Gasteiger partial charge in [-0.05, 0) is 17.4 Å². The summed E-state index contributed by atoms with van der Waals surface area (Å²) in [7, 11) is 0. The molecule has 0 radical (unpaired) electrons. The highest BCUT2D eigenvalue weighted by Crippen LogP contribution is 2.23. The molecule has 2 rings (SSSR count). The van der Waals surface area contributed by atoms with Gasteiger partial charge in [-0.3, -0.25) is 0 Å². The van der Waals surface area contributed by atoms with E-state index >= 15 is 0 Å². The molecule has 0 bridgehead atoms. The Morgan fingerprint density at radius 1 is 1.21 bits per heavy atom. The van der Waals surface area contributed by atoms with E-state index in [0.717, 1.165) is 18.1 Å². The first kappa shape index (κ1) is 13.8. The maximum atomic E-state index is 5.73. The van der Waals surface area contributed by atoms with Crippen molar-refractivity contribution in [2.45, 2.75) is 33.2 Å². The molecule has 1 aromatic carbocycles. The third-order valence-corrected chi connectivity index (χ3v) is 3.72. The summed E-state index contributed by atoms with van der Waals surface area (Å²) in [4.78, 5) is 4.62. The highest BCUT2D eigenvalue weighted by molar-refractivity contribution is 5.92. The molecule has 102 valence electrons. The van der Waals surface area contributed by atoms with Crippen molar-refractivity contribution >= 4 is 16.6 Å². The summed E-state index contributed by atoms with van der Waals surface area (Å²) in [6.07, 6.45) is 2.38. The Hall–Kier alpha value is -1.61. The van der Waals surface area contributed by atoms with Crippen LogP contribution in [0.25, 0.3) is 10.8 Å². The number of benzene rings is 1. The topological polar surface area (TPSA) is 50.9 Å². The zero-order chi connectivity index (χ0) is 13.7. The predicted octanol–water partition coefficient (Wildman–Crippen LogP) is 3.54. The van der Waals surface area contributed by atoms with E-state index in [0.29, 0.717) is 12.5 Å². The fourth-order valence-corrected chi connectivity index (χ4v) is 2.31. The third-order valence-electron chi connectivity index (χ3n) is 3.72. The minimum Gasteiger partial charge on any atom is -0.369 e. The molecule has 3 nitrogen and oxygen atoms in total. The summed E-state index contributed by atoms with van der Waals surface area (Å²) in [5.74, 6) is 1.66. The molecule has 0 aliphatic rings. The van der Waals surface area contributed by atoms with E-state index in [2.05, 4.69) is 48.4 Å². The van der Waals surface area contributed by atoms with Crippen LogP contribution in [-0.4, -0.2) is 11.5 Å². The quantitative estimate of drug-likeness (QED) is 0.832. The average molecular weight is 257 g/mol. The highest BCUT2D eigenvalue weighted by atomic mass is 15.0. The lowest BCUT2D eigenvalue weighted by Gasteiger charge is -2.16. The van der Waals surface area contributed by atoms with Gasteiger partial charge in [-0.25, -0.2) is 4.98 Å². The number of aromatic nitrogens is 1. The third kappa shape index (κ3) is 3.24. The van der Waals surface area contributed by atoms with Crippen molar-refractivity contribution in [2.75, 3.05) is 11.9 Å². The van der Waals surface area contributed by atoms with Gasteiger partial charge in [0.15, 0.2) is 0 Å². The van der Waals surface area contributed by atoms with Crippen LogP contribution in [0.3, 0.4) is 0 Å². The Morgan fingerprint density at radius 3 is 2.63 bits per heavy atom. The molecule has 2 aromatic rings. The normalized spacial score (nSPS) is 11.2. The maximum absolute atomic E-state index is 5.73. The van der Waals surface area contributed by atoms with Crippen LogP contribution in [0.5, 0.6) is 0 Å². The maximum Gasteiger partial charge on any atom is 0.134 e. The van der Waals surface area contributed by atoms with Gasteiger partial charge in [-0.15, -0.1) is 0 Å². The van der Waals surface area contributed by atoms with E-state index in [1.54, 1.807) is 0 Å². The van der Waals surface area contributed by atoms with E-state index < -0.39 is 0 Å². The fourth-order valence-electron chi connectivity index (χ4n) is 2.31. The second-order valence-electron chi connectivity index (χ2n) is 4.95. The van der Waals surface area contributed by atoms with Gasteiger partial charge in [-0.2, -0.15) is 0 Å². The standard InChI is InChI=1S/C16H23N3/c1-3-12(4-2)11-18-16-15-8-6-5-7-13(15)9-14(10-17)19-16/h5-9,12H,3-4,10-11,17H2,1-2H3,(H,18,19). The molecule has 0 unspecified atom stereocenters. The van der Waals surface area contributed by atoms with E-state index in [1.807, 2.05) is 6.07 Å². The molecular formula is C16H23N3. The van der Waals surface area contributed by atoms with Crippen LogP contribution in [0.4, 0.5) is 5.82 Å². The molecule has 1 aromatic heterocycles. The fraction of sp³-hybridized carbons (Fsp3) is 0.438. The van der Waals surface area contributed by atoms with Crippen LogP contribution in [0.2, 0.25) is 0 Å². The van der Waals surface area contributed by atoms with Crippen LogP contribution in [-0.2, 0) is 6.54 Å². The van der Waals surface area contributed by atoms with Crippen LogP contribution in [0.1, 0.15) is 32.4 Å². The number of nitrogens with one attached hydrogen (secondary N) is 1. The molecule has 19 heavy (non-hydrogen) atoms. The van der Waals surface area contributed by atoms with Crippen LogP contribution < -0.4 is 11.1 Å². The van der Waals surface area contributed by atoms with Crippen LogP contribution in [0.15, 0.2) is 30.3 Å². The first-order chi connectivity index (χ1) is 9.28. The monoisotopic (exact) mass is 257 g/mol. The number of pyridine rings is 1. The van der Waals surface area contributed by atoms with Gasteiger partial charge in [0.1, 0.15) is 5.82 Å². The van der Waals surface area contributed by atoms with Gasteiger partial charge < -0.3 is 11.1 Å². The first-order valence-electron chi connectivity index (χ1n) is 7.11. The van der Waals surface area contributed by atoms with E-state index in [4.69, 9.17) is 5.73 Å². The van der Waals surface area contributed by atoms with Gasteiger partial charge in [0, 0.05) is 18.5 Å². The van der Waals surface area contributed by atoms with E-state index in [-0.39, 0.29) is 0 Å². The van der Waals surface area contributed by atoms with Crippen molar-refractivity contribution in [3.05, 3.63) is 36.0 Å². The molecule has 0 aliphatic heterocycles. The van der Waals surface area contributed by atoms with Crippen molar-refractivity contribution in [3.8, 4) is 0 Å². The van der Waals surface area contributed by atoms with Crippen LogP contribution >= 0.6 is 0 Å². The second-order valence-corrected chi connectivity index (χ2v) is 4.95. The zero-order valence-electron chi connectivity index (χ0n) is 11.8. The second kappa shape index (κ2) is 6.53. The average Bonchev–Trinajstić information content (AvgIpc) is 2.47.